The molecule has 0 saturated heterocycles. The predicted molar refractivity (Wildman–Crippen MR) is 75.1 cm³/mol. The van der Waals surface area contributed by atoms with Gasteiger partial charge in [-0.25, -0.2) is 0 Å². The standard InChI is InChI=1S/C14H21N3O3/c1-8-11(20-6)13(19)17(12(8)18)10-7-9(14(2,3)4)16(5)15-10/h7,12,18H,1-6H3. The van der Waals surface area contributed by atoms with Crippen LogP contribution in [0, 0.1) is 0 Å². The predicted octanol–water partition coefficient (Wildman–Crippen LogP) is 1.30. The number of carbonyl (C=O) groups is 1. The minimum absolute atomic E-state index is 0.0969. The van der Waals surface area contributed by atoms with Crippen molar-refractivity contribution in [3.63, 3.8) is 0 Å². The molecular formula is C14H21N3O3. The molecule has 0 radical (unpaired) electrons. The maximum atomic E-state index is 12.3. The van der Waals surface area contributed by atoms with E-state index in [1.807, 2.05) is 13.1 Å². The van der Waals surface area contributed by atoms with Crippen LogP contribution in [0.5, 0.6) is 0 Å². The second kappa shape index (κ2) is 4.63. The van der Waals surface area contributed by atoms with Crippen molar-refractivity contribution < 1.29 is 14.6 Å². The lowest BCUT2D eigenvalue weighted by Gasteiger charge is -2.19. The molecule has 1 amide bonds. The van der Waals surface area contributed by atoms with Gasteiger partial charge < -0.3 is 9.84 Å². The summed E-state index contributed by atoms with van der Waals surface area (Å²) in [5.41, 5.74) is 1.39. The molecule has 1 aliphatic heterocycles. The number of amides is 1. The van der Waals surface area contributed by atoms with E-state index in [2.05, 4.69) is 25.9 Å². The quantitative estimate of drug-likeness (QED) is 0.886. The second-order valence-electron chi connectivity index (χ2n) is 6.03. The van der Waals surface area contributed by atoms with Gasteiger partial charge in [0.15, 0.2) is 17.8 Å². The first-order valence-electron chi connectivity index (χ1n) is 6.49. The number of ether oxygens (including phenoxy) is 1. The summed E-state index contributed by atoms with van der Waals surface area (Å²) in [7, 11) is 3.25. The third-order valence-electron chi connectivity index (χ3n) is 3.49. The van der Waals surface area contributed by atoms with E-state index < -0.39 is 6.23 Å². The maximum Gasteiger partial charge on any atom is 0.297 e. The highest BCUT2D eigenvalue weighted by molar-refractivity contribution is 6.07. The first-order valence-corrected chi connectivity index (χ1v) is 6.49. The molecule has 0 aliphatic carbocycles. The number of aryl methyl sites for hydroxylation is 1. The van der Waals surface area contributed by atoms with Gasteiger partial charge in [0.2, 0.25) is 0 Å². The number of carbonyl (C=O) groups excluding carboxylic acids is 1. The molecule has 0 spiro atoms. The lowest BCUT2D eigenvalue weighted by molar-refractivity contribution is -0.118. The van der Waals surface area contributed by atoms with Crippen LogP contribution in [0.2, 0.25) is 0 Å². The molecule has 6 heteroatoms. The molecular weight excluding hydrogens is 258 g/mol. The minimum Gasteiger partial charge on any atom is -0.491 e. The van der Waals surface area contributed by atoms with Gasteiger partial charge >= 0.3 is 0 Å². The molecule has 1 unspecified atom stereocenters. The largest absolute Gasteiger partial charge is 0.491 e. The molecule has 110 valence electrons. The van der Waals surface area contributed by atoms with Crippen molar-refractivity contribution >= 4 is 11.7 Å². The van der Waals surface area contributed by atoms with Crippen molar-refractivity contribution in [2.75, 3.05) is 12.0 Å². The van der Waals surface area contributed by atoms with Crippen molar-refractivity contribution in [2.45, 2.75) is 39.3 Å². The summed E-state index contributed by atoms with van der Waals surface area (Å²) in [4.78, 5) is 13.5. The van der Waals surface area contributed by atoms with Crippen LogP contribution in [0.25, 0.3) is 0 Å². The van der Waals surface area contributed by atoms with Gasteiger partial charge in [-0.2, -0.15) is 5.10 Å². The number of nitrogens with zero attached hydrogens (tertiary/aromatic N) is 3. The Labute approximate surface area is 118 Å². The van der Waals surface area contributed by atoms with E-state index in [9.17, 15) is 9.90 Å². The highest BCUT2D eigenvalue weighted by Crippen LogP contribution is 2.32. The Morgan fingerprint density at radius 3 is 2.40 bits per heavy atom. The molecule has 20 heavy (non-hydrogen) atoms. The van der Waals surface area contributed by atoms with Gasteiger partial charge in [-0.3, -0.25) is 14.4 Å². The van der Waals surface area contributed by atoms with E-state index in [0.717, 1.165) is 5.69 Å². The summed E-state index contributed by atoms with van der Waals surface area (Å²) in [6.45, 7) is 7.88. The zero-order valence-corrected chi connectivity index (χ0v) is 12.8. The van der Waals surface area contributed by atoms with Gasteiger partial charge in [-0.15, -0.1) is 0 Å². The number of rotatable bonds is 2. The summed E-state index contributed by atoms with van der Waals surface area (Å²) < 4.78 is 6.79. The molecule has 2 heterocycles. The maximum absolute atomic E-state index is 12.3. The summed E-state index contributed by atoms with van der Waals surface area (Å²) in [5.74, 6) is 0.248. The Bertz CT molecular complexity index is 581. The first kappa shape index (κ1) is 14.6. The summed E-state index contributed by atoms with van der Waals surface area (Å²) in [5, 5.41) is 14.5. The average molecular weight is 279 g/mol. The van der Waals surface area contributed by atoms with Crippen molar-refractivity contribution in [3.05, 3.63) is 23.1 Å². The van der Waals surface area contributed by atoms with Crippen molar-refractivity contribution in [2.24, 2.45) is 7.05 Å². The number of aliphatic hydroxyl groups excluding tert-OH is 1. The van der Waals surface area contributed by atoms with Gasteiger partial charge in [0.25, 0.3) is 5.91 Å². The number of aromatic nitrogens is 2. The molecule has 6 nitrogen and oxygen atoms in total. The molecule has 1 aromatic rings. The van der Waals surface area contributed by atoms with E-state index >= 15 is 0 Å². The molecule has 0 bridgehead atoms. The molecule has 0 aromatic carbocycles. The summed E-state index contributed by atoms with van der Waals surface area (Å²) in [6, 6.07) is 1.83. The van der Waals surface area contributed by atoms with Gasteiger partial charge in [0.05, 0.1) is 7.11 Å². The monoisotopic (exact) mass is 279 g/mol. The van der Waals surface area contributed by atoms with Crippen molar-refractivity contribution in [1.29, 1.82) is 0 Å². The fraction of sp³-hybridized carbons (Fsp3) is 0.571. The number of hydrogen-bond donors (Lipinski definition) is 1. The Morgan fingerprint density at radius 1 is 1.40 bits per heavy atom. The third kappa shape index (κ3) is 2.10. The van der Waals surface area contributed by atoms with Crippen LogP contribution in [0.15, 0.2) is 17.4 Å². The smallest absolute Gasteiger partial charge is 0.297 e. The second-order valence-corrected chi connectivity index (χ2v) is 6.03. The Hall–Kier alpha value is -1.82. The lowest BCUT2D eigenvalue weighted by atomic mass is 9.92. The zero-order chi connectivity index (χ0) is 15.2. The highest BCUT2D eigenvalue weighted by atomic mass is 16.5. The van der Waals surface area contributed by atoms with Crippen LogP contribution < -0.4 is 4.90 Å². The first-order chi connectivity index (χ1) is 9.18. The molecule has 2 rings (SSSR count). The molecule has 1 N–H and O–H groups in total. The number of hydrogen-bond acceptors (Lipinski definition) is 4. The average Bonchev–Trinajstić information content (AvgIpc) is 2.79. The highest BCUT2D eigenvalue weighted by Gasteiger charge is 2.40. The normalized spacial score (nSPS) is 20.1. The van der Waals surface area contributed by atoms with E-state index in [1.165, 1.54) is 12.0 Å². The van der Waals surface area contributed by atoms with Crippen molar-refractivity contribution in [1.82, 2.24) is 9.78 Å². The van der Waals surface area contributed by atoms with E-state index in [1.54, 1.807) is 11.6 Å². The topological polar surface area (TPSA) is 67.6 Å². The van der Waals surface area contributed by atoms with Gasteiger partial charge in [0, 0.05) is 29.8 Å². The fourth-order valence-corrected chi connectivity index (χ4v) is 2.45. The van der Waals surface area contributed by atoms with Gasteiger partial charge in [0.1, 0.15) is 0 Å². The zero-order valence-electron chi connectivity index (χ0n) is 12.8. The van der Waals surface area contributed by atoms with Crippen LogP contribution in [-0.2, 0) is 22.0 Å². The van der Waals surface area contributed by atoms with E-state index in [0.29, 0.717) is 11.4 Å². The van der Waals surface area contributed by atoms with Crippen molar-refractivity contribution in [3.8, 4) is 0 Å². The fourth-order valence-electron chi connectivity index (χ4n) is 2.45. The lowest BCUT2D eigenvalue weighted by Crippen LogP contribution is -2.35. The molecule has 0 saturated carbocycles. The summed E-state index contributed by atoms with van der Waals surface area (Å²) >= 11 is 0. The Morgan fingerprint density at radius 2 is 2.00 bits per heavy atom. The molecule has 1 aromatic heterocycles. The third-order valence-corrected chi connectivity index (χ3v) is 3.49. The van der Waals surface area contributed by atoms with Crippen LogP contribution in [0.1, 0.15) is 33.4 Å². The number of methoxy groups -OCH3 is 1. The van der Waals surface area contributed by atoms with Crippen LogP contribution in [-0.4, -0.2) is 34.1 Å². The molecule has 1 atom stereocenters. The van der Waals surface area contributed by atoms with Gasteiger partial charge in [-0.05, 0) is 6.92 Å². The van der Waals surface area contributed by atoms with E-state index in [4.69, 9.17) is 4.74 Å². The van der Waals surface area contributed by atoms with Crippen LogP contribution in [0.4, 0.5) is 5.82 Å². The van der Waals surface area contributed by atoms with Crippen LogP contribution >= 0.6 is 0 Å². The van der Waals surface area contributed by atoms with Gasteiger partial charge in [-0.1, -0.05) is 20.8 Å². The SMILES string of the molecule is COC1=C(C)C(O)N(c2cc(C(C)(C)C)n(C)n2)C1=O. The Kier molecular flexibility index (Phi) is 3.37. The minimum atomic E-state index is -1.03. The number of aliphatic hydroxyl groups is 1. The van der Waals surface area contributed by atoms with Crippen LogP contribution in [0.3, 0.4) is 0 Å². The summed E-state index contributed by atoms with van der Waals surface area (Å²) in [6.07, 6.45) is -1.03. The Balaban J connectivity index is 2.43. The number of anilines is 1. The molecule has 1 aliphatic rings. The molecule has 0 fully saturated rings. The van der Waals surface area contributed by atoms with E-state index in [-0.39, 0.29) is 17.1 Å².